The molecule has 154 valence electrons. The van der Waals surface area contributed by atoms with Crippen LogP contribution in [0.2, 0.25) is 0 Å². The van der Waals surface area contributed by atoms with Gasteiger partial charge in [-0.05, 0) is 53.6 Å². The molecule has 1 amide bonds. The highest BCUT2D eigenvalue weighted by Gasteiger charge is 2.06. The quantitative estimate of drug-likeness (QED) is 0.384. The van der Waals surface area contributed by atoms with E-state index in [9.17, 15) is 4.79 Å². The van der Waals surface area contributed by atoms with Gasteiger partial charge >= 0.3 is 0 Å². The lowest BCUT2D eigenvalue weighted by Gasteiger charge is -2.10. The zero-order chi connectivity index (χ0) is 21.3. The Morgan fingerprint density at radius 1 is 0.933 bits per heavy atom. The first-order valence-corrected chi connectivity index (χ1v) is 10.3. The third-order valence-electron chi connectivity index (χ3n) is 5.19. The van der Waals surface area contributed by atoms with Crippen molar-refractivity contribution in [2.45, 2.75) is 33.1 Å². The number of ether oxygens (including phenoxy) is 1. The number of benzene rings is 3. The van der Waals surface area contributed by atoms with Gasteiger partial charge in [0.2, 0.25) is 0 Å². The molecule has 4 nitrogen and oxygen atoms in total. The van der Waals surface area contributed by atoms with Gasteiger partial charge in [0.25, 0.3) is 5.91 Å². The average Bonchev–Trinajstić information content (AvgIpc) is 2.81. The molecule has 0 spiro atoms. The van der Waals surface area contributed by atoms with Crippen LogP contribution in [0, 0.1) is 0 Å². The van der Waals surface area contributed by atoms with Gasteiger partial charge in [-0.3, -0.25) is 4.79 Å². The Morgan fingerprint density at radius 2 is 1.57 bits per heavy atom. The van der Waals surface area contributed by atoms with E-state index in [1.807, 2.05) is 61.5 Å². The summed E-state index contributed by atoms with van der Waals surface area (Å²) in [5.74, 6) is 0.900. The largest absolute Gasteiger partial charge is 0.484 e. The van der Waals surface area contributed by atoms with Crippen LogP contribution in [-0.4, -0.2) is 18.2 Å². The summed E-state index contributed by atoms with van der Waals surface area (Å²) < 4.78 is 5.56. The van der Waals surface area contributed by atoms with Gasteiger partial charge in [0.15, 0.2) is 6.61 Å². The van der Waals surface area contributed by atoms with Crippen molar-refractivity contribution in [1.29, 1.82) is 0 Å². The third kappa shape index (κ3) is 5.80. The van der Waals surface area contributed by atoms with Crippen LogP contribution in [-0.2, 0) is 4.79 Å². The molecule has 3 aromatic carbocycles. The maximum atomic E-state index is 12.1. The minimum Gasteiger partial charge on any atom is -0.484 e. The van der Waals surface area contributed by atoms with Crippen LogP contribution in [0.1, 0.15) is 44.2 Å². The Balaban J connectivity index is 1.51. The smallest absolute Gasteiger partial charge is 0.277 e. The van der Waals surface area contributed by atoms with E-state index in [0.717, 1.165) is 23.3 Å². The van der Waals surface area contributed by atoms with Crippen LogP contribution in [0.3, 0.4) is 0 Å². The standard InChI is InChI=1S/C26H28N2O2/c1-4-19(2)21-14-16-25(17-15-21)30-18-26(29)28-27-20(3)22-10-12-24(13-11-22)23-8-6-5-7-9-23/h5-17,19H,4,18H2,1-3H3,(H,28,29). The summed E-state index contributed by atoms with van der Waals surface area (Å²) in [7, 11) is 0. The van der Waals surface area contributed by atoms with Gasteiger partial charge in [0.1, 0.15) is 5.75 Å². The molecule has 1 atom stereocenters. The maximum absolute atomic E-state index is 12.1. The van der Waals surface area contributed by atoms with Gasteiger partial charge in [-0.25, -0.2) is 5.43 Å². The second-order valence-corrected chi connectivity index (χ2v) is 7.34. The molecule has 1 N–H and O–H groups in total. The van der Waals surface area contributed by atoms with Gasteiger partial charge in [0.05, 0.1) is 5.71 Å². The highest BCUT2D eigenvalue weighted by atomic mass is 16.5. The zero-order valence-electron chi connectivity index (χ0n) is 17.8. The number of carbonyl (C=O) groups is 1. The fraction of sp³-hybridized carbons (Fsp3) is 0.231. The fourth-order valence-corrected chi connectivity index (χ4v) is 3.05. The predicted molar refractivity (Wildman–Crippen MR) is 123 cm³/mol. The Labute approximate surface area is 178 Å². The molecule has 0 aromatic heterocycles. The maximum Gasteiger partial charge on any atom is 0.277 e. The molecule has 4 heteroatoms. The topological polar surface area (TPSA) is 50.7 Å². The van der Waals surface area contributed by atoms with Crippen molar-refractivity contribution in [3.63, 3.8) is 0 Å². The van der Waals surface area contributed by atoms with E-state index in [4.69, 9.17) is 4.74 Å². The van der Waals surface area contributed by atoms with Crippen molar-refractivity contribution in [1.82, 2.24) is 5.43 Å². The molecular formula is C26H28N2O2. The first-order valence-electron chi connectivity index (χ1n) is 10.3. The number of carbonyl (C=O) groups excluding carboxylic acids is 1. The molecule has 0 aliphatic rings. The number of rotatable bonds is 8. The summed E-state index contributed by atoms with van der Waals surface area (Å²) in [4.78, 5) is 12.1. The Kier molecular flexibility index (Phi) is 7.39. The summed E-state index contributed by atoms with van der Waals surface area (Å²) >= 11 is 0. The summed E-state index contributed by atoms with van der Waals surface area (Å²) in [6, 6.07) is 26.2. The van der Waals surface area contributed by atoms with Crippen molar-refractivity contribution in [2.75, 3.05) is 6.61 Å². The highest BCUT2D eigenvalue weighted by Crippen LogP contribution is 2.21. The number of nitrogens with zero attached hydrogens (tertiary/aromatic N) is 1. The second kappa shape index (κ2) is 10.4. The lowest BCUT2D eigenvalue weighted by Crippen LogP contribution is -2.25. The van der Waals surface area contributed by atoms with Crippen LogP contribution in [0.5, 0.6) is 5.75 Å². The number of nitrogens with one attached hydrogen (secondary N) is 1. The van der Waals surface area contributed by atoms with Crippen LogP contribution >= 0.6 is 0 Å². The average molecular weight is 401 g/mol. The van der Waals surface area contributed by atoms with Crippen LogP contribution in [0.25, 0.3) is 11.1 Å². The number of hydrogen-bond donors (Lipinski definition) is 1. The van der Waals surface area contributed by atoms with Gasteiger partial charge < -0.3 is 4.74 Å². The fourth-order valence-electron chi connectivity index (χ4n) is 3.05. The Morgan fingerprint density at radius 3 is 2.20 bits per heavy atom. The molecule has 0 aliphatic heterocycles. The molecule has 0 heterocycles. The van der Waals surface area contributed by atoms with Crippen molar-refractivity contribution < 1.29 is 9.53 Å². The molecule has 3 rings (SSSR count). The Hall–Kier alpha value is -3.40. The van der Waals surface area contributed by atoms with E-state index < -0.39 is 0 Å². The molecule has 0 fully saturated rings. The minimum absolute atomic E-state index is 0.0770. The summed E-state index contributed by atoms with van der Waals surface area (Å²) in [5.41, 5.74) is 7.83. The Bertz CT molecular complexity index is 978. The number of hydrazone groups is 1. The first kappa shape index (κ1) is 21.3. The molecule has 1 unspecified atom stereocenters. The lowest BCUT2D eigenvalue weighted by atomic mass is 9.99. The van der Waals surface area contributed by atoms with Crippen molar-refractivity contribution >= 4 is 11.6 Å². The normalized spacial score (nSPS) is 12.3. The summed E-state index contributed by atoms with van der Waals surface area (Å²) in [6.45, 7) is 6.15. The van der Waals surface area contributed by atoms with Gasteiger partial charge in [-0.15, -0.1) is 0 Å². The van der Waals surface area contributed by atoms with Gasteiger partial charge in [-0.2, -0.15) is 5.10 Å². The van der Waals surface area contributed by atoms with E-state index >= 15 is 0 Å². The lowest BCUT2D eigenvalue weighted by molar-refractivity contribution is -0.123. The van der Waals surface area contributed by atoms with E-state index in [-0.39, 0.29) is 12.5 Å². The van der Waals surface area contributed by atoms with E-state index in [1.54, 1.807) is 0 Å². The molecule has 0 saturated heterocycles. The molecule has 3 aromatic rings. The van der Waals surface area contributed by atoms with E-state index in [2.05, 4.69) is 48.6 Å². The highest BCUT2D eigenvalue weighted by molar-refractivity contribution is 5.99. The van der Waals surface area contributed by atoms with E-state index in [1.165, 1.54) is 11.1 Å². The van der Waals surface area contributed by atoms with Crippen LogP contribution < -0.4 is 10.2 Å². The molecule has 0 bridgehead atoms. The molecule has 0 radical (unpaired) electrons. The number of hydrogen-bond acceptors (Lipinski definition) is 3. The minimum atomic E-state index is -0.291. The van der Waals surface area contributed by atoms with Gasteiger partial charge in [0, 0.05) is 0 Å². The first-order chi connectivity index (χ1) is 14.6. The monoisotopic (exact) mass is 400 g/mol. The second-order valence-electron chi connectivity index (χ2n) is 7.34. The summed E-state index contributed by atoms with van der Waals surface area (Å²) in [5, 5.41) is 4.19. The summed E-state index contributed by atoms with van der Waals surface area (Å²) in [6.07, 6.45) is 1.09. The number of amides is 1. The van der Waals surface area contributed by atoms with Crippen molar-refractivity contribution in [2.24, 2.45) is 5.10 Å². The van der Waals surface area contributed by atoms with Crippen LogP contribution in [0.4, 0.5) is 0 Å². The zero-order valence-corrected chi connectivity index (χ0v) is 17.8. The molecule has 0 aliphatic carbocycles. The van der Waals surface area contributed by atoms with Crippen LogP contribution in [0.15, 0.2) is 84.0 Å². The third-order valence-corrected chi connectivity index (χ3v) is 5.19. The van der Waals surface area contributed by atoms with Crippen molar-refractivity contribution in [3.8, 4) is 16.9 Å². The molecular weight excluding hydrogens is 372 g/mol. The molecule has 30 heavy (non-hydrogen) atoms. The SMILES string of the molecule is CCC(C)c1ccc(OCC(=O)NN=C(C)c2ccc(-c3ccccc3)cc2)cc1. The van der Waals surface area contributed by atoms with Crippen molar-refractivity contribution in [3.05, 3.63) is 90.0 Å². The predicted octanol–water partition coefficient (Wildman–Crippen LogP) is 5.79. The van der Waals surface area contributed by atoms with E-state index in [0.29, 0.717) is 11.7 Å². The molecule has 0 saturated carbocycles. The van der Waals surface area contributed by atoms with Gasteiger partial charge in [-0.1, -0.05) is 80.6 Å².